The van der Waals surface area contributed by atoms with E-state index >= 15 is 0 Å². The lowest BCUT2D eigenvalue weighted by Gasteiger charge is -2.30. The lowest BCUT2D eigenvalue weighted by Crippen LogP contribution is -2.40. The Labute approximate surface area is 174 Å². The number of sulfone groups is 1. The number of benzene rings is 2. The van der Waals surface area contributed by atoms with Gasteiger partial charge in [0.1, 0.15) is 0 Å². The molecule has 0 bridgehead atoms. The molecule has 156 valence electrons. The van der Waals surface area contributed by atoms with Crippen LogP contribution in [0.15, 0.2) is 52.3 Å². The summed E-state index contributed by atoms with van der Waals surface area (Å²) in [5.41, 5.74) is 0.107. The minimum atomic E-state index is -3.95. The Hall–Kier alpha value is -3.00. The molecule has 0 atom stereocenters. The maximum Gasteiger partial charge on any atom is 0.338 e. The van der Waals surface area contributed by atoms with Crippen LogP contribution in [-0.2, 0) is 19.4 Å². The Morgan fingerprint density at radius 2 is 1.70 bits per heavy atom. The van der Waals surface area contributed by atoms with Gasteiger partial charge < -0.3 is 9.64 Å². The van der Waals surface area contributed by atoms with Crippen LogP contribution >= 0.6 is 0 Å². The van der Waals surface area contributed by atoms with Gasteiger partial charge in [-0.05, 0) is 49.1 Å². The number of esters is 1. The molecule has 1 saturated heterocycles. The standard InChI is InChI=1S/C22H21NO6S/c1-14-8-10-23(11-9-14)20(24)13-29-22(26)15-6-7-17-19(12-15)30(27,28)18-5-3-2-4-16(18)21(17)25/h2-7,12,14H,8-11,13H2,1H3. The summed E-state index contributed by atoms with van der Waals surface area (Å²) in [5, 5.41) is 0. The van der Waals surface area contributed by atoms with Gasteiger partial charge in [-0.3, -0.25) is 9.59 Å². The van der Waals surface area contributed by atoms with Crippen molar-refractivity contribution in [3.63, 3.8) is 0 Å². The molecule has 0 saturated carbocycles. The van der Waals surface area contributed by atoms with E-state index in [9.17, 15) is 22.8 Å². The van der Waals surface area contributed by atoms with Crippen molar-refractivity contribution in [3.8, 4) is 0 Å². The summed E-state index contributed by atoms with van der Waals surface area (Å²) in [4.78, 5) is 38.7. The van der Waals surface area contributed by atoms with Gasteiger partial charge in [-0.25, -0.2) is 13.2 Å². The van der Waals surface area contributed by atoms with Crippen LogP contribution in [0.5, 0.6) is 0 Å². The minimum Gasteiger partial charge on any atom is -0.452 e. The van der Waals surface area contributed by atoms with Crippen LogP contribution in [0.3, 0.4) is 0 Å². The average molecular weight is 427 g/mol. The van der Waals surface area contributed by atoms with Crippen LogP contribution in [0.25, 0.3) is 0 Å². The van der Waals surface area contributed by atoms with Crippen LogP contribution in [0.1, 0.15) is 46.0 Å². The summed E-state index contributed by atoms with van der Waals surface area (Å²) in [7, 11) is -3.95. The van der Waals surface area contributed by atoms with Crippen molar-refractivity contribution in [2.75, 3.05) is 19.7 Å². The molecular weight excluding hydrogens is 406 g/mol. The molecule has 1 fully saturated rings. The third-order valence-corrected chi connectivity index (χ3v) is 7.49. The summed E-state index contributed by atoms with van der Waals surface area (Å²) in [6.07, 6.45) is 1.83. The van der Waals surface area contributed by atoms with Crippen LogP contribution in [0.4, 0.5) is 0 Å². The molecule has 0 spiro atoms. The van der Waals surface area contributed by atoms with Crippen LogP contribution in [0.2, 0.25) is 0 Å². The van der Waals surface area contributed by atoms with Gasteiger partial charge in [-0.15, -0.1) is 0 Å². The second kappa shape index (κ2) is 7.68. The molecule has 7 nitrogen and oxygen atoms in total. The predicted molar refractivity (Wildman–Crippen MR) is 107 cm³/mol. The van der Waals surface area contributed by atoms with Crippen molar-refractivity contribution in [2.24, 2.45) is 5.92 Å². The SMILES string of the molecule is CC1CCN(C(=O)COC(=O)c2ccc3c(c2)S(=O)(=O)c2ccccc2C3=O)CC1. The van der Waals surface area contributed by atoms with Gasteiger partial charge in [0.25, 0.3) is 5.91 Å². The normalized spacial score (nSPS) is 17.8. The first-order valence-corrected chi connectivity index (χ1v) is 11.2. The number of likely N-dealkylation sites (tertiary alicyclic amines) is 1. The second-order valence-electron chi connectivity index (χ2n) is 7.68. The Kier molecular flexibility index (Phi) is 5.19. The number of ketones is 1. The Morgan fingerprint density at radius 3 is 2.43 bits per heavy atom. The molecule has 0 aliphatic carbocycles. The lowest BCUT2D eigenvalue weighted by molar-refractivity contribution is -0.135. The van der Waals surface area contributed by atoms with Gasteiger partial charge >= 0.3 is 5.97 Å². The van der Waals surface area contributed by atoms with E-state index in [2.05, 4.69) is 6.92 Å². The predicted octanol–water partition coefficient (Wildman–Crippen LogP) is 2.48. The van der Waals surface area contributed by atoms with E-state index in [1.807, 2.05) is 0 Å². The largest absolute Gasteiger partial charge is 0.452 e. The highest BCUT2D eigenvalue weighted by atomic mass is 32.2. The van der Waals surface area contributed by atoms with Crippen molar-refractivity contribution in [1.29, 1.82) is 0 Å². The Morgan fingerprint density at radius 1 is 1.03 bits per heavy atom. The zero-order valence-electron chi connectivity index (χ0n) is 16.5. The van der Waals surface area contributed by atoms with Crippen molar-refractivity contribution in [1.82, 2.24) is 4.90 Å². The third kappa shape index (κ3) is 3.52. The van der Waals surface area contributed by atoms with E-state index < -0.39 is 28.2 Å². The highest BCUT2D eigenvalue weighted by molar-refractivity contribution is 7.91. The van der Waals surface area contributed by atoms with E-state index in [1.54, 1.807) is 17.0 Å². The second-order valence-corrected chi connectivity index (χ2v) is 9.57. The quantitative estimate of drug-likeness (QED) is 0.596. The molecule has 1 amide bonds. The summed E-state index contributed by atoms with van der Waals surface area (Å²) < 4.78 is 31.0. The molecule has 8 heteroatoms. The number of ether oxygens (including phenoxy) is 1. The number of fused-ring (bicyclic) bond motifs is 2. The number of hydrogen-bond acceptors (Lipinski definition) is 6. The van der Waals surface area contributed by atoms with Gasteiger partial charge in [0, 0.05) is 24.2 Å². The molecule has 0 radical (unpaired) electrons. The summed E-state index contributed by atoms with van der Waals surface area (Å²) in [5.74, 6) is -0.922. The number of amides is 1. The monoisotopic (exact) mass is 427 g/mol. The highest BCUT2D eigenvalue weighted by Gasteiger charge is 2.35. The highest BCUT2D eigenvalue weighted by Crippen LogP contribution is 2.34. The van der Waals surface area contributed by atoms with E-state index in [0.717, 1.165) is 18.9 Å². The number of carbonyl (C=O) groups is 3. The van der Waals surface area contributed by atoms with Gasteiger partial charge in [0.15, 0.2) is 12.4 Å². The molecule has 4 rings (SSSR count). The number of rotatable bonds is 3. The first-order valence-electron chi connectivity index (χ1n) is 9.77. The molecule has 0 aromatic heterocycles. The van der Waals surface area contributed by atoms with Crippen LogP contribution in [0, 0.1) is 5.92 Å². The molecule has 30 heavy (non-hydrogen) atoms. The fourth-order valence-electron chi connectivity index (χ4n) is 3.77. The third-order valence-electron chi connectivity index (χ3n) is 5.64. The smallest absolute Gasteiger partial charge is 0.338 e. The van der Waals surface area contributed by atoms with E-state index in [0.29, 0.717) is 19.0 Å². The van der Waals surface area contributed by atoms with Crippen LogP contribution in [-0.4, -0.2) is 50.7 Å². The fourth-order valence-corrected chi connectivity index (χ4v) is 5.45. The zero-order valence-corrected chi connectivity index (χ0v) is 17.3. The summed E-state index contributed by atoms with van der Waals surface area (Å²) in [6.45, 7) is 3.00. The molecule has 0 unspecified atom stereocenters. The van der Waals surface area contributed by atoms with Crippen molar-refractivity contribution in [3.05, 3.63) is 59.2 Å². The van der Waals surface area contributed by atoms with Crippen molar-refractivity contribution < 1.29 is 27.5 Å². The number of hydrogen-bond donors (Lipinski definition) is 0. The summed E-state index contributed by atoms with van der Waals surface area (Å²) >= 11 is 0. The van der Waals surface area contributed by atoms with E-state index in [-0.39, 0.29) is 32.4 Å². The molecule has 2 aromatic rings. The molecule has 2 aliphatic rings. The fraction of sp³-hybridized carbons (Fsp3) is 0.318. The molecule has 0 N–H and O–H groups in total. The summed E-state index contributed by atoms with van der Waals surface area (Å²) in [6, 6.07) is 9.78. The topological polar surface area (TPSA) is 97.8 Å². The Balaban J connectivity index is 1.53. The zero-order chi connectivity index (χ0) is 21.5. The van der Waals surface area contributed by atoms with Gasteiger partial charge in [0.05, 0.1) is 15.4 Å². The number of nitrogens with zero attached hydrogens (tertiary/aromatic N) is 1. The average Bonchev–Trinajstić information content (AvgIpc) is 2.76. The molecule has 2 aromatic carbocycles. The number of piperidine rings is 1. The molecular formula is C22H21NO6S. The Bertz CT molecular complexity index is 1150. The van der Waals surface area contributed by atoms with Crippen LogP contribution < -0.4 is 0 Å². The van der Waals surface area contributed by atoms with Gasteiger partial charge in [0.2, 0.25) is 9.84 Å². The molecule has 2 heterocycles. The minimum absolute atomic E-state index is 0.0174. The van der Waals surface area contributed by atoms with Crippen molar-refractivity contribution >= 4 is 27.5 Å². The molecule has 2 aliphatic heterocycles. The maximum absolute atomic E-state index is 12.9. The van der Waals surface area contributed by atoms with Gasteiger partial charge in [-0.1, -0.05) is 19.1 Å². The first kappa shape index (κ1) is 20.3. The maximum atomic E-state index is 12.9. The lowest BCUT2D eigenvalue weighted by atomic mass is 9.99. The van der Waals surface area contributed by atoms with Gasteiger partial charge in [-0.2, -0.15) is 0 Å². The van der Waals surface area contributed by atoms with E-state index in [4.69, 9.17) is 4.74 Å². The van der Waals surface area contributed by atoms with E-state index in [1.165, 1.54) is 24.3 Å². The number of carbonyl (C=O) groups excluding carboxylic acids is 3. The van der Waals surface area contributed by atoms with Crippen molar-refractivity contribution in [2.45, 2.75) is 29.6 Å². The first-order chi connectivity index (χ1) is 14.3.